The summed E-state index contributed by atoms with van der Waals surface area (Å²) in [5.41, 5.74) is 0.909. The predicted molar refractivity (Wildman–Crippen MR) is 145 cm³/mol. The fourth-order valence-corrected chi connectivity index (χ4v) is 7.32. The van der Waals surface area contributed by atoms with Crippen molar-refractivity contribution in [2.45, 2.75) is 51.0 Å². The third-order valence-electron chi connectivity index (χ3n) is 6.02. The summed E-state index contributed by atoms with van der Waals surface area (Å²) in [4.78, 5) is 12.9. The topological polar surface area (TPSA) is 52.6 Å². The van der Waals surface area contributed by atoms with E-state index in [0.29, 0.717) is 17.0 Å². The third-order valence-corrected chi connectivity index (χ3v) is 9.41. The number of ether oxygens (including phenoxy) is 2. The first-order valence-electron chi connectivity index (χ1n) is 12.3. The Morgan fingerprint density at radius 3 is 1.89 bits per heavy atom. The smallest absolute Gasteiger partial charge is 0.331 e. The summed E-state index contributed by atoms with van der Waals surface area (Å²) in [6.07, 6.45) is 7.15. The molecule has 0 bridgehead atoms. The van der Waals surface area contributed by atoms with E-state index < -0.39 is 25.1 Å². The lowest BCUT2D eigenvalue weighted by Crippen LogP contribution is -2.38. The maximum Gasteiger partial charge on any atom is 0.331 e. The van der Waals surface area contributed by atoms with Crippen LogP contribution in [0.2, 0.25) is 0 Å². The summed E-state index contributed by atoms with van der Waals surface area (Å²) >= 11 is 0. The van der Waals surface area contributed by atoms with Crippen LogP contribution < -0.4 is 10.6 Å². The normalized spacial score (nSPS) is 13.4. The average molecular weight is 491 g/mol. The highest BCUT2D eigenvalue weighted by Crippen LogP contribution is 2.51. The van der Waals surface area contributed by atoms with Gasteiger partial charge in [-0.1, -0.05) is 117 Å². The van der Waals surface area contributed by atoms with Crippen molar-refractivity contribution in [2.75, 3.05) is 7.11 Å². The van der Waals surface area contributed by atoms with Crippen LogP contribution in [0.5, 0.6) is 0 Å². The van der Waals surface area contributed by atoms with Gasteiger partial charge in [0, 0.05) is 23.8 Å². The van der Waals surface area contributed by atoms with Gasteiger partial charge in [-0.2, -0.15) is 0 Å². The summed E-state index contributed by atoms with van der Waals surface area (Å²) in [7, 11) is -1.75. The van der Waals surface area contributed by atoms with Gasteiger partial charge >= 0.3 is 5.97 Å². The number of hydrogen-bond acceptors (Lipinski definition) is 4. The van der Waals surface area contributed by atoms with E-state index in [1.54, 1.807) is 13.2 Å². The van der Waals surface area contributed by atoms with E-state index in [4.69, 9.17) is 9.47 Å². The highest BCUT2D eigenvalue weighted by Gasteiger charge is 2.43. The Morgan fingerprint density at radius 2 is 1.37 bits per heavy atom. The Balaban J connectivity index is 1.95. The van der Waals surface area contributed by atoms with Crippen molar-refractivity contribution in [2.24, 2.45) is 0 Å². The summed E-state index contributed by atoms with van der Waals surface area (Å²) < 4.78 is 26.8. The zero-order valence-corrected chi connectivity index (χ0v) is 21.5. The van der Waals surface area contributed by atoms with E-state index in [2.05, 4.69) is 6.92 Å². The summed E-state index contributed by atoms with van der Waals surface area (Å²) in [6.45, 7) is 2.16. The molecule has 0 aliphatic carbocycles. The molecule has 35 heavy (non-hydrogen) atoms. The molecule has 0 amide bonds. The average Bonchev–Trinajstić information content (AvgIpc) is 2.91. The number of carbonyl (C=O) groups excluding carboxylic acids is 1. The fourth-order valence-electron chi connectivity index (χ4n) is 4.23. The Labute approximate surface area is 209 Å². The number of unbranched alkanes of at least 4 members (excludes halogenated alkanes) is 3. The summed E-state index contributed by atoms with van der Waals surface area (Å²) in [5, 5.41) is 1.37. The molecule has 2 atom stereocenters. The number of hydrogen-bond donors (Lipinski definition) is 0. The molecule has 0 fully saturated rings. The molecule has 4 nitrogen and oxygen atoms in total. The van der Waals surface area contributed by atoms with Gasteiger partial charge in [-0.25, -0.2) is 4.79 Å². The van der Waals surface area contributed by atoms with Crippen molar-refractivity contribution in [3.63, 3.8) is 0 Å². The van der Waals surface area contributed by atoms with Gasteiger partial charge in [-0.3, -0.25) is 0 Å². The van der Waals surface area contributed by atoms with Gasteiger partial charge in [-0.15, -0.1) is 0 Å². The van der Waals surface area contributed by atoms with Crippen LogP contribution in [-0.4, -0.2) is 25.0 Å². The summed E-state index contributed by atoms with van der Waals surface area (Å²) in [6, 6.07) is 28.4. The lowest BCUT2D eigenvalue weighted by atomic mass is 10.1. The lowest BCUT2D eigenvalue weighted by Gasteiger charge is -2.33. The molecule has 3 rings (SSSR count). The third kappa shape index (κ3) is 7.27. The minimum atomic E-state index is -3.30. The zero-order valence-electron chi connectivity index (χ0n) is 20.6. The molecule has 0 aliphatic heterocycles. The second kappa shape index (κ2) is 13.8. The van der Waals surface area contributed by atoms with Gasteiger partial charge in [0.1, 0.15) is 6.10 Å². The van der Waals surface area contributed by atoms with Gasteiger partial charge in [0.2, 0.25) is 0 Å². The molecule has 0 saturated carbocycles. The van der Waals surface area contributed by atoms with Crippen LogP contribution in [-0.2, 0) is 18.8 Å². The Kier molecular flexibility index (Phi) is 10.5. The van der Waals surface area contributed by atoms with Gasteiger partial charge in [0.25, 0.3) is 0 Å². The Hall–Kier alpha value is -2.94. The molecule has 184 valence electrons. The highest BCUT2D eigenvalue weighted by atomic mass is 31.2. The molecule has 0 radical (unpaired) electrons. The molecule has 3 aromatic carbocycles. The number of benzene rings is 3. The van der Waals surface area contributed by atoms with Crippen molar-refractivity contribution in [1.29, 1.82) is 0 Å². The Bertz CT molecular complexity index is 1050. The van der Waals surface area contributed by atoms with Crippen LogP contribution in [0.1, 0.15) is 44.6 Å². The molecule has 0 heterocycles. The monoisotopic (exact) mass is 490 g/mol. The molecule has 0 saturated heterocycles. The van der Waals surface area contributed by atoms with Crippen molar-refractivity contribution in [3.8, 4) is 0 Å². The van der Waals surface area contributed by atoms with E-state index in [0.717, 1.165) is 31.2 Å². The SMILES string of the molecule is CCCCCC[C@@H](OC(=O)/C=C/c1ccccc1)[C@@H](OC)P(=O)(c1ccccc1)c1ccccc1. The largest absolute Gasteiger partial charge is 0.456 e. The van der Waals surface area contributed by atoms with Crippen LogP contribution in [0.25, 0.3) is 6.08 Å². The van der Waals surface area contributed by atoms with Crippen LogP contribution >= 0.6 is 7.14 Å². The number of rotatable bonds is 13. The van der Waals surface area contributed by atoms with Crippen LogP contribution in [0.15, 0.2) is 97.1 Å². The number of carbonyl (C=O) groups is 1. The van der Waals surface area contributed by atoms with Gasteiger partial charge in [0.05, 0.1) is 0 Å². The van der Waals surface area contributed by atoms with Gasteiger partial charge in [-0.05, 0) is 24.5 Å². The Morgan fingerprint density at radius 1 is 0.829 bits per heavy atom. The lowest BCUT2D eigenvalue weighted by molar-refractivity contribution is -0.147. The molecule has 3 aromatic rings. The molecular formula is C30H35O4P. The molecule has 0 aromatic heterocycles. The first-order valence-corrected chi connectivity index (χ1v) is 14.0. The maximum atomic E-state index is 14.9. The van der Waals surface area contributed by atoms with Crippen LogP contribution in [0.4, 0.5) is 0 Å². The summed E-state index contributed by atoms with van der Waals surface area (Å²) in [5.74, 6) is -1.27. The highest BCUT2D eigenvalue weighted by molar-refractivity contribution is 7.79. The van der Waals surface area contributed by atoms with E-state index in [9.17, 15) is 9.36 Å². The first-order chi connectivity index (χ1) is 17.1. The first kappa shape index (κ1) is 26.7. The standard InChI is InChI=1S/C30H35O4P/c1-3-4-5-15-22-28(34-29(31)24-23-25-16-9-6-10-17-25)30(33-2)35(32,26-18-11-7-12-19-26)27-20-13-8-14-21-27/h6-14,16-21,23-24,28,30H,3-5,15,22H2,1-2H3/b24-23+/t28-,30+/m1/s1. The minimum absolute atomic E-state index is 0.468. The molecule has 0 N–H and O–H groups in total. The minimum Gasteiger partial charge on any atom is -0.456 e. The number of esters is 1. The molecule has 0 spiro atoms. The van der Waals surface area contributed by atoms with Gasteiger partial charge in [0.15, 0.2) is 13.0 Å². The quantitative estimate of drug-likeness (QED) is 0.118. The van der Waals surface area contributed by atoms with E-state index in [1.807, 2.05) is 91.0 Å². The molecule has 0 aliphatic rings. The van der Waals surface area contributed by atoms with E-state index in [-0.39, 0.29) is 0 Å². The van der Waals surface area contributed by atoms with Gasteiger partial charge < -0.3 is 14.0 Å². The van der Waals surface area contributed by atoms with Crippen molar-refractivity contribution in [1.82, 2.24) is 0 Å². The van der Waals surface area contributed by atoms with Crippen molar-refractivity contribution >= 4 is 29.8 Å². The maximum absolute atomic E-state index is 14.9. The predicted octanol–water partition coefficient (Wildman–Crippen LogP) is 6.57. The fraction of sp³-hybridized carbons (Fsp3) is 0.300. The van der Waals surface area contributed by atoms with E-state index in [1.165, 1.54) is 6.08 Å². The zero-order chi connectivity index (χ0) is 24.9. The second-order valence-corrected chi connectivity index (χ2v) is 11.4. The van der Waals surface area contributed by atoms with Crippen LogP contribution in [0.3, 0.4) is 0 Å². The molecule has 5 heteroatoms. The van der Waals surface area contributed by atoms with Crippen molar-refractivity contribution in [3.05, 3.63) is 103 Å². The number of methoxy groups -OCH3 is 1. The van der Waals surface area contributed by atoms with Crippen LogP contribution in [0, 0.1) is 0 Å². The second-order valence-electron chi connectivity index (χ2n) is 8.52. The molecular weight excluding hydrogens is 455 g/mol. The molecule has 0 unspecified atom stereocenters. The van der Waals surface area contributed by atoms with Crippen molar-refractivity contribution < 1.29 is 18.8 Å². The van der Waals surface area contributed by atoms with E-state index >= 15 is 0 Å².